The first-order valence-electron chi connectivity index (χ1n) is 10.4. The number of alkyl halides is 3. The van der Waals surface area contributed by atoms with Gasteiger partial charge in [0.05, 0.1) is 35.2 Å². The largest absolute Gasteiger partial charge is 0.493 e. The van der Waals surface area contributed by atoms with E-state index in [0.717, 1.165) is 17.1 Å². The fourth-order valence-corrected chi connectivity index (χ4v) is 3.43. The maximum absolute atomic E-state index is 13.1. The molecule has 0 N–H and O–H groups in total. The summed E-state index contributed by atoms with van der Waals surface area (Å²) >= 11 is 0. The number of anilines is 1. The summed E-state index contributed by atoms with van der Waals surface area (Å²) < 4.78 is 50.0. The molecule has 0 bridgehead atoms. The van der Waals surface area contributed by atoms with E-state index in [-0.39, 0.29) is 22.8 Å². The van der Waals surface area contributed by atoms with Crippen LogP contribution in [0.1, 0.15) is 28.4 Å². The lowest BCUT2D eigenvalue weighted by Gasteiger charge is -2.14. The number of hydrazone groups is 1. The minimum absolute atomic E-state index is 0.00771. The maximum Gasteiger partial charge on any atom is 0.416 e. The maximum atomic E-state index is 13.1. The van der Waals surface area contributed by atoms with Crippen molar-refractivity contribution in [3.05, 3.63) is 95.1 Å². The molecule has 3 aromatic carbocycles. The molecule has 0 aliphatic carbocycles. The molecule has 6 nitrogen and oxygen atoms in total. The molecule has 0 saturated carbocycles. The summed E-state index contributed by atoms with van der Waals surface area (Å²) in [5.74, 6) is -0.670. The van der Waals surface area contributed by atoms with E-state index >= 15 is 0 Å². The van der Waals surface area contributed by atoms with Gasteiger partial charge in [-0.15, -0.1) is 0 Å². The SMILES string of the molecule is COc1cc(/C=C2\C(=O)N(c3cccc(C(F)(F)F)c3)N=C2C)ccc1OC(=O)c1ccccc1. The molecular formula is C26H19F3N2O4. The molecular weight excluding hydrogens is 461 g/mol. The highest BCUT2D eigenvalue weighted by atomic mass is 19.4. The van der Waals surface area contributed by atoms with Gasteiger partial charge in [-0.3, -0.25) is 4.79 Å². The zero-order chi connectivity index (χ0) is 25.2. The zero-order valence-corrected chi connectivity index (χ0v) is 18.7. The third kappa shape index (κ3) is 5.08. The fourth-order valence-electron chi connectivity index (χ4n) is 3.43. The Bertz CT molecular complexity index is 1350. The lowest BCUT2D eigenvalue weighted by atomic mass is 10.1. The molecule has 35 heavy (non-hydrogen) atoms. The number of nitrogens with zero attached hydrogens (tertiary/aromatic N) is 2. The molecule has 1 aliphatic heterocycles. The van der Waals surface area contributed by atoms with Crippen LogP contribution < -0.4 is 14.5 Å². The average Bonchev–Trinajstić information content (AvgIpc) is 3.13. The molecule has 1 amide bonds. The van der Waals surface area contributed by atoms with E-state index in [1.165, 1.54) is 25.3 Å². The van der Waals surface area contributed by atoms with Crippen LogP contribution in [0.2, 0.25) is 0 Å². The van der Waals surface area contributed by atoms with Crippen molar-refractivity contribution in [2.24, 2.45) is 5.10 Å². The van der Waals surface area contributed by atoms with E-state index in [2.05, 4.69) is 5.10 Å². The third-order valence-electron chi connectivity index (χ3n) is 5.19. The smallest absolute Gasteiger partial charge is 0.416 e. The van der Waals surface area contributed by atoms with Gasteiger partial charge in [-0.1, -0.05) is 30.3 Å². The first-order chi connectivity index (χ1) is 16.7. The number of esters is 1. The minimum atomic E-state index is -4.54. The molecule has 9 heteroatoms. The molecule has 3 aromatic rings. The van der Waals surface area contributed by atoms with Gasteiger partial charge in [0.2, 0.25) is 0 Å². The summed E-state index contributed by atoms with van der Waals surface area (Å²) in [6.45, 7) is 1.59. The number of hydrogen-bond donors (Lipinski definition) is 0. The zero-order valence-electron chi connectivity index (χ0n) is 18.7. The molecule has 0 spiro atoms. The highest BCUT2D eigenvalue weighted by molar-refractivity contribution is 6.32. The second-order valence-electron chi connectivity index (χ2n) is 7.57. The molecule has 0 atom stereocenters. The Hall–Kier alpha value is -4.40. The quantitative estimate of drug-likeness (QED) is 0.265. The second-order valence-corrected chi connectivity index (χ2v) is 7.57. The Morgan fingerprint density at radius 1 is 0.971 bits per heavy atom. The van der Waals surface area contributed by atoms with Gasteiger partial charge >= 0.3 is 12.1 Å². The summed E-state index contributed by atoms with van der Waals surface area (Å²) in [6.07, 6.45) is -3.00. The van der Waals surface area contributed by atoms with Crippen molar-refractivity contribution in [3.63, 3.8) is 0 Å². The average molecular weight is 480 g/mol. The Balaban J connectivity index is 1.58. The predicted octanol–water partition coefficient (Wildman–Crippen LogP) is 5.74. The topological polar surface area (TPSA) is 68.2 Å². The van der Waals surface area contributed by atoms with Gasteiger partial charge in [0, 0.05) is 0 Å². The van der Waals surface area contributed by atoms with Crippen molar-refractivity contribution < 1.29 is 32.2 Å². The van der Waals surface area contributed by atoms with Gasteiger partial charge in [-0.2, -0.15) is 23.3 Å². The molecule has 1 heterocycles. The summed E-state index contributed by atoms with van der Waals surface area (Å²) in [6, 6.07) is 17.6. The molecule has 0 aromatic heterocycles. The van der Waals surface area contributed by atoms with Gasteiger partial charge < -0.3 is 9.47 Å². The standard InChI is InChI=1S/C26H19F3N2O4/c1-16-21(24(32)31(30-16)20-10-6-9-19(15-20)26(27,28)29)13-17-11-12-22(23(14-17)34-2)35-25(33)18-7-4-3-5-8-18/h3-15H,1-2H3/b21-13-. The van der Waals surface area contributed by atoms with Gasteiger partial charge in [-0.25, -0.2) is 4.79 Å². The van der Waals surface area contributed by atoms with Gasteiger partial charge in [0.25, 0.3) is 5.91 Å². The summed E-state index contributed by atoms with van der Waals surface area (Å²) in [5.41, 5.74) is 0.597. The van der Waals surface area contributed by atoms with Gasteiger partial charge in [0.1, 0.15) is 0 Å². The van der Waals surface area contributed by atoms with E-state index in [9.17, 15) is 22.8 Å². The number of rotatable bonds is 5. The lowest BCUT2D eigenvalue weighted by Crippen LogP contribution is -2.21. The fraction of sp³-hybridized carbons (Fsp3) is 0.115. The number of benzene rings is 3. The number of carbonyl (C=O) groups excluding carboxylic acids is 2. The van der Waals surface area contributed by atoms with Crippen molar-refractivity contribution in [2.75, 3.05) is 12.1 Å². The second kappa shape index (κ2) is 9.46. The van der Waals surface area contributed by atoms with Crippen LogP contribution in [0, 0.1) is 0 Å². The van der Waals surface area contributed by atoms with Gasteiger partial charge in [-0.05, 0) is 61.0 Å². The van der Waals surface area contributed by atoms with Crippen molar-refractivity contribution in [2.45, 2.75) is 13.1 Å². The predicted molar refractivity (Wildman–Crippen MR) is 124 cm³/mol. The molecule has 0 unspecified atom stereocenters. The minimum Gasteiger partial charge on any atom is -0.493 e. The Morgan fingerprint density at radius 2 is 1.71 bits per heavy atom. The Kier molecular flexibility index (Phi) is 6.42. The molecule has 0 fully saturated rings. The van der Waals surface area contributed by atoms with Crippen molar-refractivity contribution in [1.29, 1.82) is 0 Å². The first kappa shape index (κ1) is 23.7. The number of halogens is 3. The monoisotopic (exact) mass is 480 g/mol. The van der Waals surface area contributed by atoms with E-state index in [4.69, 9.17) is 9.47 Å². The highest BCUT2D eigenvalue weighted by Gasteiger charge is 2.33. The van der Waals surface area contributed by atoms with Crippen LogP contribution in [-0.4, -0.2) is 24.7 Å². The van der Waals surface area contributed by atoms with E-state index < -0.39 is 23.6 Å². The van der Waals surface area contributed by atoms with Crippen LogP contribution >= 0.6 is 0 Å². The number of hydrogen-bond acceptors (Lipinski definition) is 5. The summed E-state index contributed by atoms with van der Waals surface area (Å²) in [4.78, 5) is 25.3. The Labute approximate surface area is 198 Å². The van der Waals surface area contributed by atoms with Crippen LogP contribution in [0.4, 0.5) is 18.9 Å². The van der Waals surface area contributed by atoms with Crippen molar-refractivity contribution in [3.8, 4) is 11.5 Å². The molecule has 4 rings (SSSR count). The van der Waals surface area contributed by atoms with Crippen LogP contribution in [0.15, 0.2) is 83.5 Å². The molecule has 1 aliphatic rings. The lowest BCUT2D eigenvalue weighted by molar-refractivity contribution is -0.137. The van der Waals surface area contributed by atoms with E-state index in [1.54, 1.807) is 55.5 Å². The van der Waals surface area contributed by atoms with E-state index in [1.807, 2.05) is 0 Å². The summed E-state index contributed by atoms with van der Waals surface area (Å²) in [7, 11) is 1.41. The highest BCUT2D eigenvalue weighted by Crippen LogP contribution is 2.34. The summed E-state index contributed by atoms with van der Waals surface area (Å²) in [5, 5.41) is 5.07. The number of methoxy groups -OCH3 is 1. The van der Waals surface area contributed by atoms with Crippen LogP contribution in [-0.2, 0) is 11.0 Å². The molecule has 0 saturated heterocycles. The Morgan fingerprint density at radius 3 is 2.40 bits per heavy atom. The van der Waals surface area contributed by atoms with Gasteiger partial charge in [0.15, 0.2) is 11.5 Å². The normalized spacial score (nSPS) is 14.8. The van der Waals surface area contributed by atoms with Crippen molar-refractivity contribution in [1.82, 2.24) is 0 Å². The molecule has 0 radical (unpaired) electrons. The third-order valence-corrected chi connectivity index (χ3v) is 5.19. The first-order valence-corrected chi connectivity index (χ1v) is 10.4. The number of amides is 1. The molecule has 178 valence electrons. The van der Waals surface area contributed by atoms with Crippen LogP contribution in [0.25, 0.3) is 6.08 Å². The number of ether oxygens (including phenoxy) is 2. The van der Waals surface area contributed by atoms with E-state index in [0.29, 0.717) is 16.8 Å². The van der Waals surface area contributed by atoms with Crippen LogP contribution in [0.5, 0.6) is 11.5 Å². The number of carbonyl (C=O) groups is 2. The van der Waals surface area contributed by atoms with Crippen molar-refractivity contribution >= 4 is 29.4 Å². The van der Waals surface area contributed by atoms with Crippen LogP contribution in [0.3, 0.4) is 0 Å².